The van der Waals surface area contributed by atoms with Crippen molar-refractivity contribution < 1.29 is 47.6 Å². The van der Waals surface area contributed by atoms with Crippen molar-refractivity contribution in [2.24, 2.45) is 5.92 Å². The van der Waals surface area contributed by atoms with Gasteiger partial charge >= 0.3 is 23.9 Å². The summed E-state index contributed by atoms with van der Waals surface area (Å²) < 4.78 is 32.8. The number of rotatable bonds is 9. The van der Waals surface area contributed by atoms with Gasteiger partial charge in [-0.1, -0.05) is 30.7 Å². The van der Waals surface area contributed by atoms with Gasteiger partial charge in [0, 0.05) is 25.8 Å². The number of ether oxygens (including phenoxy) is 6. The largest absolute Gasteiger partial charge is 0.463 e. The molecule has 0 N–H and O–H groups in total. The number of halogens is 1. The summed E-state index contributed by atoms with van der Waals surface area (Å²) in [5.74, 6) is -3.51. The van der Waals surface area contributed by atoms with Gasteiger partial charge < -0.3 is 28.4 Å². The lowest BCUT2D eigenvalue weighted by molar-refractivity contribution is -0.279. The zero-order valence-electron chi connectivity index (χ0n) is 20.1. The molecule has 0 aliphatic carbocycles. The third kappa shape index (κ3) is 8.56. The van der Waals surface area contributed by atoms with Crippen molar-refractivity contribution in [1.29, 1.82) is 0 Å². The maximum Gasteiger partial charge on any atom is 0.373 e. The van der Waals surface area contributed by atoms with Crippen LogP contribution in [0.25, 0.3) is 6.08 Å². The van der Waals surface area contributed by atoms with E-state index in [0.29, 0.717) is 10.6 Å². The Hall–Kier alpha value is -3.11. The minimum absolute atomic E-state index is 0.0981. The molecule has 0 aromatic heterocycles. The standard InChI is InChI=1S/C24H29ClO10/c1-6-30-23(29)19(11-17-7-9-18(25)10-8-17)34-24-13(2)21(32-15(4)27)22(33-16(5)28)20(35-24)12-31-14(3)26/h7-11,13,20-22,24H,6,12H2,1-5H3/b19-11-/t13-,20-,21-,22+,24-/m0/s1. The summed E-state index contributed by atoms with van der Waals surface area (Å²) >= 11 is 5.93. The molecular weight excluding hydrogens is 484 g/mol. The molecule has 0 amide bonds. The first kappa shape index (κ1) is 28.1. The third-order valence-corrected chi connectivity index (χ3v) is 5.14. The predicted molar refractivity (Wildman–Crippen MR) is 123 cm³/mol. The molecule has 1 saturated heterocycles. The number of hydrogen-bond acceptors (Lipinski definition) is 10. The summed E-state index contributed by atoms with van der Waals surface area (Å²) in [6, 6.07) is 6.65. The monoisotopic (exact) mass is 512 g/mol. The van der Waals surface area contributed by atoms with Gasteiger partial charge in [-0.25, -0.2) is 4.79 Å². The first-order valence-corrected chi connectivity index (χ1v) is 11.3. The van der Waals surface area contributed by atoms with E-state index in [9.17, 15) is 19.2 Å². The van der Waals surface area contributed by atoms with Crippen LogP contribution in [-0.2, 0) is 47.6 Å². The topological polar surface area (TPSA) is 124 Å². The molecule has 0 radical (unpaired) electrons. The molecule has 0 spiro atoms. The first-order chi connectivity index (χ1) is 16.5. The molecule has 1 fully saturated rings. The second-order valence-electron chi connectivity index (χ2n) is 7.75. The van der Waals surface area contributed by atoms with E-state index in [2.05, 4.69) is 0 Å². The van der Waals surface area contributed by atoms with Crippen LogP contribution < -0.4 is 0 Å². The van der Waals surface area contributed by atoms with Crippen molar-refractivity contribution in [1.82, 2.24) is 0 Å². The van der Waals surface area contributed by atoms with Gasteiger partial charge in [-0.15, -0.1) is 0 Å². The Balaban J connectivity index is 2.42. The number of carbonyl (C=O) groups is 4. The maximum atomic E-state index is 12.6. The average molecular weight is 513 g/mol. The van der Waals surface area contributed by atoms with Crippen molar-refractivity contribution >= 4 is 41.6 Å². The molecular formula is C24H29ClO10. The molecule has 1 aliphatic rings. The van der Waals surface area contributed by atoms with Crippen LogP contribution in [0.1, 0.15) is 40.2 Å². The lowest BCUT2D eigenvalue weighted by Crippen LogP contribution is -2.58. The zero-order chi connectivity index (χ0) is 26.1. The van der Waals surface area contributed by atoms with Crippen molar-refractivity contribution in [2.45, 2.75) is 59.2 Å². The predicted octanol–water partition coefficient (Wildman–Crippen LogP) is 3.05. The van der Waals surface area contributed by atoms with Crippen molar-refractivity contribution in [3.05, 3.63) is 40.6 Å². The van der Waals surface area contributed by atoms with Gasteiger partial charge in [0.15, 0.2) is 6.10 Å². The quantitative estimate of drug-likeness (QED) is 0.211. The van der Waals surface area contributed by atoms with Gasteiger partial charge in [0.05, 0.1) is 12.5 Å². The van der Waals surface area contributed by atoms with Crippen molar-refractivity contribution in [2.75, 3.05) is 13.2 Å². The van der Waals surface area contributed by atoms with E-state index in [4.69, 9.17) is 40.0 Å². The zero-order valence-corrected chi connectivity index (χ0v) is 20.9. The molecule has 1 heterocycles. The molecule has 2 rings (SSSR count). The minimum Gasteiger partial charge on any atom is -0.463 e. The van der Waals surface area contributed by atoms with Crippen LogP contribution in [0.5, 0.6) is 0 Å². The highest BCUT2D eigenvalue weighted by molar-refractivity contribution is 6.30. The van der Waals surface area contributed by atoms with Gasteiger partial charge in [0.25, 0.3) is 0 Å². The van der Waals surface area contributed by atoms with Crippen molar-refractivity contribution in [3.63, 3.8) is 0 Å². The normalized spacial score (nSPS) is 24.2. The van der Waals surface area contributed by atoms with Crippen molar-refractivity contribution in [3.8, 4) is 0 Å². The minimum atomic E-state index is -1.16. The second-order valence-corrected chi connectivity index (χ2v) is 8.19. The van der Waals surface area contributed by atoms with E-state index in [1.54, 1.807) is 38.1 Å². The summed E-state index contributed by atoms with van der Waals surface area (Å²) in [4.78, 5) is 47.6. The van der Waals surface area contributed by atoms with E-state index < -0.39 is 54.4 Å². The molecule has 5 atom stereocenters. The fraction of sp³-hybridized carbons (Fsp3) is 0.500. The Kier molecular flexibility index (Phi) is 10.5. The Bertz CT molecular complexity index is 942. The van der Waals surface area contributed by atoms with Crippen LogP contribution in [0, 0.1) is 5.92 Å². The Morgan fingerprint density at radius 1 is 0.914 bits per heavy atom. The number of benzene rings is 1. The van der Waals surface area contributed by atoms with E-state index in [1.165, 1.54) is 26.8 Å². The highest BCUT2D eigenvalue weighted by atomic mass is 35.5. The number of hydrogen-bond donors (Lipinski definition) is 0. The van der Waals surface area contributed by atoms with E-state index >= 15 is 0 Å². The Labute approximate surface area is 208 Å². The molecule has 192 valence electrons. The SMILES string of the molecule is CCOC(=O)/C(=C/c1ccc(Cl)cc1)O[C@H]1O[C@@H](COC(C)=O)[C@@H](OC(C)=O)[C@@H](OC(C)=O)[C@@H]1C. The van der Waals surface area contributed by atoms with E-state index in [-0.39, 0.29) is 19.0 Å². The van der Waals surface area contributed by atoms with Crippen LogP contribution in [0.3, 0.4) is 0 Å². The second kappa shape index (κ2) is 13.1. The molecule has 0 saturated carbocycles. The molecule has 1 aromatic rings. The molecule has 1 aliphatic heterocycles. The van der Waals surface area contributed by atoms with Crippen LogP contribution in [0.4, 0.5) is 0 Å². The van der Waals surface area contributed by atoms with Gasteiger partial charge in [-0.05, 0) is 30.7 Å². The Morgan fingerprint density at radius 3 is 2.06 bits per heavy atom. The lowest BCUT2D eigenvalue weighted by Gasteiger charge is -2.43. The molecule has 10 nitrogen and oxygen atoms in total. The van der Waals surface area contributed by atoms with E-state index in [1.807, 2.05) is 0 Å². The molecule has 11 heteroatoms. The fourth-order valence-electron chi connectivity index (χ4n) is 3.39. The molecule has 1 aromatic carbocycles. The highest BCUT2D eigenvalue weighted by Gasteiger charge is 2.49. The average Bonchev–Trinajstić information content (AvgIpc) is 2.77. The lowest BCUT2D eigenvalue weighted by atomic mass is 9.91. The smallest absolute Gasteiger partial charge is 0.373 e. The fourth-order valence-corrected chi connectivity index (χ4v) is 3.51. The highest BCUT2D eigenvalue weighted by Crippen LogP contribution is 2.33. The molecule has 35 heavy (non-hydrogen) atoms. The van der Waals surface area contributed by atoms with Gasteiger partial charge in [-0.3, -0.25) is 14.4 Å². The first-order valence-electron chi connectivity index (χ1n) is 11.0. The van der Waals surface area contributed by atoms with E-state index in [0.717, 1.165) is 0 Å². The summed E-state index contributed by atoms with van der Waals surface area (Å²) in [5, 5.41) is 0.513. The summed E-state index contributed by atoms with van der Waals surface area (Å²) in [5.41, 5.74) is 0.603. The molecule has 0 bridgehead atoms. The van der Waals surface area contributed by atoms with Crippen LogP contribution in [-0.4, -0.2) is 61.7 Å². The third-order valence-electron chi connectivity index (χ3n) is 4.89. The molecule has 0 unspecified atom stereocenters. The van der Waals surface area contributed by atoms with Crippen LogP contribution in [0.15, 0.2) is 30.0 Å². The van der Waals surface area contributed by atoms with Crippen LogP contribution >= 0.6 is 11.6 Å². The summed E-state index contributed by atoms with van der Waals surface area (Å²) in [7, 11) is 0. The van der Waals surface area contributed by atoms with Crippen LogP contribution in [0.2, 0.25) is 5.02 Å². The Morgan fingerprint density at radius 2 is 1.51 bits per heavy atom. The summed E-state index contributed by atoms with van der Waals surface area (Å²) in [6.45, 7) is 6.67. The van der Waals surface area contributed by atoms with Gasteiger partial charge in [-0.2, -0.15) is 0 Å². The maximum absolute atomic E-state index is 12.6. The number of esters is 4. The number of carbonyl (C=O) groups excluding carboxylic acids is 4. The van der Waals surface area contributed by atoms with Gasteiger partial charge in [0.1, 0.15) is 18.8 Å². The summed E-state index contributed by atoms with van der Waals surface area (Å²) in [6.07, 6.45) is -2.86. The van der Waals surface area contributed by atoms with Gasteiger partial charge in [0.2, 0.25) is 12.0 Å².